The Hall–Kier alpha value is -2.52. The number of likely N-dealkylation sites (N-methyl/N-ethyl adjacent to an activating group) is 1. The monoisotopic (exact) mass is 490 g/mol. The number of aromatic nitrogens is 2. The Morgan fingerprint density at radius 3 is 2.81 bits per heavy atom. The molecule has 0 aliphatic carbocycles. The van der Waals surface area contributed by atoms with Crippen LogP contribution in [0.25, 0.3) is 0 Å². The molecule has 3 rings (SSSR count). The summed E-state index contributed by atoms with van der Waals surface area (Å²) >= 11 is 3.36. The number of hydrogen-bond acceptors (Lipinski definition) is 6. The van der Waals surface area contributed by atoms with Crippen LogP contribution in [-0.4, -0.2) is 75.6 Å². The van der Waals surface area contributed by atoms with Gasteiger partial charge in [0.1, 0.15) is 11.7 Å². The lowest BCUT2D eigenvalue weighted by Gasteiger charge is -2.37. The highest BCUT2D eigenvalue weighted by atomic mass is 79.9. The van der Waals surface area contributed by atoms with Gasteiger partial charge in [-0.1, -0.05) is 6.92 Å². The van der Waals surface area contributed by atoms with Gasteiger partial charge in [0.25, 0.3) is 5.91 Å². The van der Waals surface area contributed by atoms with E-state index in [2.05, 4.69) is 25.9 Å². The Labute approximate surface area is 190 Å². The zero-order valence-electron chi connectivity index (χ0n) is 17.9. The van der Waals surface area contributed by atoms with E-state index in [1.165, 1.54) is 0 Å². The highest BCUT2D eigenvalue weighted by Crippen LogP contribution is 2.28. The van der Waals surface area contributed by atoms with Gasteiger partial charge in [0.05, 0.1) is 25.6 Å². The van der Waals surface area contributed by atoms with E-state index >= 15 is 0 Å². The first-order chi connectivity index (χ1) is 14.8. The SMILES string of the molecule is C[C@H](CO)N1C[C@H](C)[C@H](CN(C)C(=O)Cc2ccncc2)Oc2ncc(Br)cc2C1=O. The fraction of sp³-hybridized carbons (Fsp3) is 0.455. The lowest BCUT2D eigenvalue weighted by Crippen LogP contribution is -2.50. The number of pyridine rings is 2. The minimum atomic E-state index is -0.375. The summed E-state index contributed by atoms with van der Waals surface area (Å²) < 4.78 is 6.82. The fourth-order valence-electron chi connectivity index (χ4n) is 3.48. The number of fused-ring (bicyclic) bond motifs is 1. The van der Waals surface area contributed by atoms with Crippen LogP contribution in [0.5, 0.6) is 5.88 Å². The van der Waals surface area contributed by atoms with E-state index in [0.717, 1.165) is 5.56 Å². The van der Waals surface area contributed by atoms with Gasteiger partial charge in [-0.25, -0.2) is 4.98 Å². The van der Waals surface area contributed by atoms with Crippen LogP contribution >= 0.6 is 15.9 Å². The summed E-state index contributed by atoms with van der Waals surface area (Å²) in [4.78, 5) is 37.4. The Bertz CT molecular complexity index is 927. The van der Waals surface area contributed by atoms with Crippen molar-refractivity contribution in [2.75, 3.05) is 26.7 Å². The van der Waals surface area contributed by atoms with E-state index in [1.807, 2.05) is 19.1 Å². The smallest absolute Gasteiger partial charge is 0.259 e. The summed E-state index contributed by atoms with van der Waals surface area (Å²) in [5.74, 6) is -0.134. The van der Waals surface area contributed by atoms with Gasteiger partial charge in [-0.2, -0.15) is 0 Å². The van der Waals surface area contributed by atoms with Crippen molar-refractivity contribution < 1.29 is 19.4 Å². The number of carbonyl (C=O) groups excluding carboxylic acids is 2. The number of rotatable bonds is 6. The number of amides is 2. The number of ether oxygens (including phenoxy) is 1. The van der Waals surface area contributed by atoms with Crippen LogP contribution in [0.2, 0.25) is 0 Å². The predicted molar refractivity (Wildman–Crippen MR) is 119 cm³/mol. The fourth-order valence-corrected chi connectivity index (χ4v) is 3.81. The molecule has 0 unspecified atom stereocenters. The molecule has 31 heavy (non-hydrogen) atoms. The summed E-state index contributed by atoms with van der Waals surface area (Å²) in [6, 6.07) is 4.95. The minimum Gasteiger partial charge on any atom is -0.472 e. The van der Waals surface area contributed by atoms with Crippen LogP contribution in [0.3, 0.4) is 0 Å². The van der Waals surface area contributed by atoms with Gasteiger partial charge < -0.3 is 19.6 Å². The summed E-state index contributed by atoms with van der Waals surface area (Å²) in [5, 5.41) is 9.67. The van der Waals surface area contributed by atoms with E-state index in [1.54, 1.807) is 48.4 Å². The number of aliphatic hydroxyl groups excluding tert-OH is 1. The van der Waals surface area contributed by atoms with E-state index in [-0.39, 0.29) is 48.8 Å². The van der Waals surface area contributed by atoms with Crippen LogP contribution in [0, 0.1) is 5.92 Å². The highest BCUT2D eigenvalue weighted by Gasteiger charge is 2.34. The maximum Gasteiger partial charge on any atom is 0.259 e. The molecule has 1 aliphatic rings. The number of aliphatic hydroxyl groups is 1. The van der Waals surface area contributed by atoms with Crippen LogP contribution in [0.1, 0.15) is 29.8 Å². The van der Waals surface area contributed by atoms with Gasteiger partial charge in [0, 0.05) is 42.6 Å². The van der Waals surface area contributed by atoms with E-state index in [9.17, 15) is 14.7 Å². The third-order valence-corrected chi connectivity index (χ3v) is 5.91. The molecular formula is C22H27BrN4O4. The molecule has 9 heteroatoms. The first-order valence-electron chi connectivity index (χ1n) is 10.2. The van der Waals surface area contributed by atoms with Crippen molar-refractivity contribution >= 4 is 27.7 Å². The molecule has 3 heterocycles. The van der Waals surface area contributed by atoms with Gasteiger partial charge >= 0.3 is 0 Å². The lowest BCUT2D eigenvalue weighted by atomic mass is 10.00. The molecule has 0 saturated carbocycles. The second-order valence-corrected chi connectivity index (χ2v) is 8.85. The minimum absolute atomic E-state index is 0.0373. The zero-order valence-corrected chi connectivity index (χ0v) is 19.4. The molecular weight excluding hydrogens is 464 g/mol. The van der Waals surface area contributed by atoms with Crippen LogP contribution < -0.4 is 4.74 Å². The van der Waals surface area contributed by atoms with Crippen molar-refractivity contribution in [2.24, 2.45) is 5.92 Å². The predicted octanol–water partition coefficient (Wildman–Crippen LogP) is 2.16. The van der Waals surface area contributed by atoms with E-state index < -0.39 is 0 Å². The van der Waals surface area contributed by atoms with Gasteiger partial charge in [0.2, 0.25) is 11.8 Å². The maximum absolute atomic E-state index is 13.1. The Morgan fingerprint density at radius 1 is 1.42 bits per heavy atom. The molecule has 0 spiro atoms. The largest absolute Gasteiger partial charge is 0.472 e. The molecule has 166 valence electrons. The number of nitrogens with zero attached hydrogens (tertiary/aromatic N) is 4. The summed E-state index contributed by atoms with van der Waals surface area (Å²) in [6.45, 7) is 4.37. The molecule has 0 fully saturated rings. The van der Waals surface area contributed by atoms with E-state index in [4.69, 9.17) is 4.74 Å². The molecule has 2 amide bonds. The lowest BCUT2D eigenvalue weighted by molar-refractivity contribution is -0.130. The van der Waals surface area contributed by atoms with E-state index in [0.29, 0.717) is 23.1 Å². The summed E-state index contributed by atoms with van der Waals surface area (Å²) in [6.07, 6.45) is 4.80. The molecule has 0 saturated heterocycles. The van der Waals surface area contributed by atoms with Gasteiger partial charge in [-0.15, -0.1) is 0 Å². The topological polar surface area (TPSA) is 95.9 Å². The quantitative estimate of drug-likeness (QED) is 0.666. The third-order valence-electron chi connectivity index (χ3n) is 5.47. The average Bonchev–Trinajstić information content (AvgIpc) is 2.76. The first-order valence-corrected chi connectivity index (χ1v) is 11.0. The maximum atomic E-state index is 13.1. The molecule has 0 bridgehead atoms. The standard InChI is InChI=1S/C22H27BrN4O4/c1-14-11-27(15(2)13-28)22(30)18-9-17(23)10-25-21(18)31-19(14)12-26(3)20(29)8-16-4-6-24-7-5-16/h4-7,9-10,14-15,19,28H,8,11-13H2,1-3H3/t14-,15+,19-/m0/s1. The number of hydrogen-bond donors (Lipinski definition) is 1. The Kier molecular flexibility index (Phi) is 7.61. The summed E-state index contributed by atoms with van der Waals surface area (Å²) in [5.41, 5.74) is 1.22. The van der Waals surface area contributed by atoms with Crippen molar-refractivity contribution in [1.82, 2.24) is 19.8 Å². The average molecular weight is 491 g/mol. The Balaban J connectivity index is 1.83. The number of carbonyl (C=O) groups is 2. The highest BCUT2D eigenvalue weighted by molar-refractivity contribution is 9.10. The molecule has 8 nitrogen and oxygen atoms in total. The Morgan fingerprint density at radius 2 is 2.13 bits per heavy atom. The van der Waals surface area contributed by atoms with Crippen LogP contribution in [0.4, 0.5) is 0 Å². The van der Waals surface area contributed by atoms with Gasteiger partial charge in [0.15, 0.2) is 0 Å². The van der Waals surface area contributed by atoms with Crippen molar-refractivity contribution in [1.29, 1.82) is 0 Å². The molecule has 1 N–H and O–H groups in total. The van der Waals surface area contributed by atoms with Crippen molar-refractivity contribution in [3.8, 4) is 5.88 Å². The van der Waals surface area contributed by atoms with Crippen LogP contribution in [0.15, 0.2) is 41.3 Å². The molecule has 0 radical (unpaired) electrons. The normalized spacial score (nSPS) is 19.6. The van der Waals surface area contributed by atoms with Crippen molar-refractivity contribution in [2.45, 2.75) is 32.4 Å². The molecule has 0 aromatic carbocycles. The first kappa shape index (κ1) is 23.1. The summed E-state index contributed by atoms with van der Waals surface area (Å²) in [7, 11) is 1.74. The molecule has 2 aromatic heterocycles. The molecule has 3 atom stereocenters. The second kappa shape index (κ2) is 10.2. The number of halogens is 1. The zero-order chi connectivity index (χ0) is 22.5. The van der Waals surface area contributed by atoms with Gasteiger partial charge in [-0.05, 0) is 46.6 Å². The van der Waals surface area contributed by atoms with Crippen molar-refractivity contribution in [3.05, 3.63) is 52.4 Å². The third kappa shape index (κ3) is 5.59. The molecule has 2 aromatic rings. The second-order valence-electron chi connectivity index (χ2n) is 7.94. The van der Waals surface area contributed by atoms with Gasteiger partial charge in [-0.3, -0.25) is 14.6 Å². The van der Waals surface area contributed by atoms with Crippen LogP contribution in [-0.2, 0) is 11.2 Å². The van der Waals surface area contributed by atoms with Crippen molar-refractivity contribution in [3.63, 3.8) is 0 Å². The molecule has 1 aliphatic heterocycles.